The molecule has 3 aliphatic rings. The zero-order valence-electron chi connectivity index (χ0n) is 20.3. The van der Waals surface area contributed by atoms with Gasteiger partial charge in [0.1, 0.15) is 11.6 Å². The minimum Gasteiger partial charge on any atom is -0.497 e. The Morgan fingerprint density at radius 1 is 1.03 bits per heavy atom. The van der Waals surface area contributed by atoms with Crippen molar-refractivity contribution in [3.63, 3.8) is 0 Å². The minimum absolute atomic E-state index is 0.145. The number of piperidine rings is 1. The monoisotopic (exact) mass is 465 g/mol. The largest absolute Gasteiger partial charge is 0.497 e. The van der Waals surface area contributed by atoms with Gasteiger partial charge in [-0.1, -0.05) is 19.1 Å². The van der Waals surface area contributed by atoms with Crippen molar-refractivity contribution >= 4 is 17.7 Å². The maximum absolute atomic E-state index is 13.2. The summed E-state index contributed by atoms with van der Waals surface area (Å²) in [6, 6.07) is 7.74. The van der Waals surface area contributed by atoms with E-state index in [-0.39, 0.29) is 5.91 Å². The van der Waals surface area contributed by atoms with Gasteiger partial charge >= 0.3 is 0 Å². The van der Waals surface area contributed by atoms with Crippen LogP contribution in [0.15, 0.2) is 24.3 Å². The van der Waals surface area contributed by atoms with E-state index >= 15 is 0 Å². The second-order valence-corrected chi connectivity index (χ2v) is 9.63. The Bertz CT molecular complexity index is 998. The maximum atomic E-state index is 13.2. The first kappa shape index (κ1) is 22.9. The fourth-order valence-corrected chi connectivity index (χ4v) is 5.01. The van der Waals surface area contributed by atoms with Crippen molar-refractivity contribution in [3.05, 3.63) is 41.1 Å². The zero-order valence-corrected chi connectivity index (χ0v) is 20.3. The van der Waals surface area contributed by atoms with Crippen LogP contribution in [0.3, 0.4) is 0 Å². The van der Waals surface area contributed by atoms with Gasteiger partial charge in [0, 0.05) is 44.7 Å². The molecule has 1 aromatic carbocycles. The molecule has 182 valence electrons. The number of morpholine rings is 1. The predicted octanol–water partition coefficient (Wildman–Crippen LogP) is 2.69. The van der Waals surface area contributed by atoms with Crippen molar-refractivity contribution in [2.75, 3.05) is 62.8 Å². The molecule has 0 N–H and O–H groups in total. The first-order valence-electron chi connectivity index (χ1n) is 12.5. The van der Waals surface area contributed by atoms with Gasteiger partial charge in [-0.3, -0.25) is 4.79 Å². The van der Waals surface area contributed by atoms with E-state index in [1.807, 2.05) is 29.2 Å². The highest BCUT2D eigenvalue weighted by Crippen LogP contribution is 2.32. The van der Waals surface area contributed by atoms with Crippen molar-refractivity contribution in [1.29, 1.82) is 0 Å². The number of benzene rings is 1. The number of fused-ring (bicyclic) bond motifs is 1. The molecule has 0 aliphatic carbocycles. The molecule has 1 amide bonds. The molecule has 0 unspecified atom stereocenters. The van der Waals surface area contributed by atoms with E-state index in [9.17, 15) is 4.79 Å². The van der Waals surface area contributed by atoms with Crippen LogP contribution in [0.1, 0.15) is 36.6 Å². The van der Waals surface area contributed by atoms with Crippen LogP contribution >= 0.6 is 0 Å². The molecule has 0 saturated carbocycles. The van der Waals surface area contributed by atoms with Gasteiger partial charge in [-0.15, -0.1) is 0 Å². The number of carbonyl (C=O) groups is 1. The second-order valence-electron chi connectivity index (χ2n) is 9.63. The molecule has 2 aromatic rings. The third kappa shape index (κ3) is 4.97. The third-order valence-corrected chi connectivity index (χ3v) is 7.27. The van der Waals surface area contributed by atoms with Crippen LogP contribution in [0.4, 0.5) is 11.8 Å². The van der Waals surface area contributed by atoms with Crippen LogP contribution < -0.4 is 14.5 Å². The van der Waals surface area contributed by atoms with Crippen LogP contribution in [0.5, 0.6) is 5.75 Å². The topological polar surface area (TPSA) is 71.0 Å². The Hall–Kier alpha value is -2.87. The molecule has 34 heavy (non-hydrogen) atoms. The lowest BCUT2D eigenvalue weighted by Crippen LogP contribution is -2.42. The molecule has 4 heterocycles. The van der Waals surface area contributed by atoms with Gasteiger partial charge in [-0.25, -0.2) is 4.98 Å². The molecule has 1 aromatic heterocycles. The number of aromatic nitrogens is 2. The Labute approximate surface area is 201 Å². The van der Waals surface area contributed by atoms with E-state index in [2.05, 4.69) is 16.7 Å². The molecule has 0 spiro atoms. The lowest BCUT2D eigenvalue weighted by Gasteiger charge is -2.37. The normalized spacial score (nSPS) is 19.2. The van der Waals surface area contributed by atoms with E-state index in [1.54, 1.807) is 7.11 Å². The molecular weight excluding hydrogens is 430 g/mol. The lowest BCUT2D eigenvalue weighted by atomic mass is 9.98. The summed E-state index contributed by atoms with van der Waals surface area (Å²) in [4.78, 5) is 29.9. The van der Waals surface area contributed by atoms with Crippen molar-refractivity contribution in [3.8, 4) is 5.75 Å². The zero-order chi connectivity index (χ0) is 23.5. The maximum Gasteiger partial charge on any atom is 0.227 e. The van der Waals surface area contributed by atoms with Crippen molar-refractivity contribution in [2.24, 2.45) is 5.92 Å². The number of anilines is 2. The van der Waals surface area contributed by atoms with Crippen molar-refractivity contribution in [1.82, 2.24) is 14.9 Å². The quantitative estimate of drug-likeness (QED) is 0.672. The van der Waals surface area contributed by atoms with Gasteiger partial charge in [0.05, 0.1) is 39.0 Å². The van der Waals surface area contributed by atoms with E-state index in [4.69, 9.17) is 19.4 Å². The number of hydrogen-bond donors (Lipinski definition) is 0. The Morgan fingerprint density at radius 2 is 1.76 bits per heavy atom. The van der Waals surface area contributed by atoms with Crippen LogP contribution in [0.25, 0.3) is 0 Å². The number of carbonyl (C=O) groups excluding carboxylic acids is 1. The Kier molecular flexibility index (Phi) is 6.85. The van der Waals surface area contributed by atoms with Crippen LogP contribution in [-0.2, 0) is 28.9 Å². The van der Waals surface area contributed by atoms with E-state index in [0.29, 0.717) is 32.7 Å². The number of nitrogens with zero attached hydrogens (tertiary/aromatic N) is 5. The molecule has 2 saturated heterocycles. The molecule has 3 aliphatic heterocycles. The first-order chi connectivity index (χ1) is 16.6. The van der Waals surface area contributed by atoms with E-state index in [1.165, 1.54) is 12.8 Å². The SMILES string of the molecule is COc1ccc(CC(=O)N2CCc3nc(N4CCOCC4)nc(N4CCC(C)CC4)c3C2)cc1. The minimum atomic E-state index is 0.145. The first-order valence-corrected chi connectivity index (χ1v) is 12.5. The van der Waals surface area contributed by atoms with Gasteiger partial charge in [0.25, 0.3) is 0 Å². The molecule has 2 fully saturated rings. The molecule has 0 radical (unpaired) electrons. The van der Waals surface area contributed by atoms with Gasteiger partial charge in [0.2, 0.25) is 11.9 Å². The molecule has 5 rings (SSSR count). The summed E-state index contributed by atoms with van der Waals surface area (Å²) < 4.78 is 10.8. The number of methoxy groups -OCH3 is 1. The summed E-state index contributed by atoms with van der Waals surface area (Å²) in [6.45, 7) is 8.68. The summed E-state index contributed by atoms with van der Waals surface area (Å²) >= 11 is 0. The van der Waals surface area contributed by atoms with Gasteiger partial charge in [-0.05, 0) is 36.5 Å². The molecular formula is C26H35N5O3. The standard InChI is InChI=1S/C26H35N5O3/c1-19-7-10-29(11-8-19)25-22-18-31(24(32)17-20-3-5-21(33-2)6-4-20)12-9-23(22)27-26(28-25)30-13-15-34-16-14-30/h3-6,19H,7-18H2,1-2H3. The Morgan fingerprint density at radius 3 is 2.47 bits per heavy atom. The Balaban J connectivity index is 1.38. The van der Waals surface area contributed by atoms with Crippen LogP contribution in [0.2, 0.25) is 0 Å². The van der Waals surface area contributed by atoms with Crippen LogP contribution in [0, 0.1) is 5.92 Å². The molecule has 8 nitrogen and oxygen atoms in total. The summed E-state index contributed by atoms with van der Waals surface area (Å²) in [5.41, 5.74) is 3.22. The van der Waals surface area contributed by atoms with Crippen LogP contribution in [-0.4, -0.2) is 73.8 Å². The highest BCUT2D eigenvalue weighted by molar-refractivity contribution is 5.79. The summed E-state index contributed by atoms with van der Waals surface area (Å²) in [6.07, 6.45) is 3.50. The van der Waals surface area contributed by atoms with E-state index in [0.717, 1.165) is 72.9 Å². The third-order valence-electron chi connectivity index (χ3n) is 7.27. The lowest BCUT2D eigenvalue weighted by molar-refractivity contribution is -0.131. The van der Waals surface area contributed by atoms with E-state index < -0.39 is 0 Å². The summed E-state index contributed by atoms with van der Waals surface area (Å²) in [5, 5.41) is 0. The fourth-order valence-electron chi connectivity index (χ4n) is 5.01. The molecule has 8 heteroatoms. The highest BCUT2D eigenvalue weighted by atomic mass is 16.5. The second kappa shape index (κ2) is 10.2. The fraction of sp³-hybridized carbons (Fsp3) is 0.577. The molecule has 0 atom stereocenters. The molecule has 0 bridgehead atoms. The van der Waals surface area contributed by atoms with Crippen molar-refractivity contribution < 1.29 is 14.3 Å². The van der Waals surface area contributed by atoms with Gasteiger partial charge < -0.3 is 24.2 Å². The summed E-state index contributed by atoms with van der Waals surface area (Å²) in [5.74, 6) is 3.53. The number of ether oxygens (including phenoxy) is 2. The number of amides is 1. The average Bonchev–Trinajstić information content (AvgIpc) is 2.89. The van der Waals surface area contributed by atoms with Crippen molar-refractivity contribution in [2.45, 2.75) is 39.2 Å². The predicted molar refractivity (Wildman–Crippen MR) is 131 cm³/mol. The number of hydrogen-bond acceptors (Lipinski definition) is 7. The highest BCUT2D eigenvalue weighted by Gasteiger charge is 2.30. The smallest absolute Gasteiger partial charge is 0.227 e. The van der Waals surface area contributed by atoms with Gasteiger partial charge in [-0.2, -0.15) is 4.98 Å². The van der Waals surface area contributed by atoms with Gasteiger partial charge in [0.15, 0.2) is 0 Å². The summed E-state index contributed by atoms with van der Waals surface area (Å²) in [7, 11) is 1.65. The average molecular weight is 466 g/mol. The number of rotatable bonds is 5.